The van der Waals surface area contributed by atoms with Gasteiger partial charge in [0.05, 0.1) is 0 Å². The fourth-order valence-corrected chi connectivity index (χ4v) is 3.71. The topological polar surface area (TPSA) is 18.5 Å². The highest BCUT2D eigenvalue weighted by atomic mass is 15.2. The minimum atomic E-state index is 0.674. The van der Waals surface area contributed by atoms with Crippen LogP contribution in [0.15, 0.2) is 24.3 Å². The SMILES string of the molecule is CCN(CC)c1ccc(NC2CCN3CCC2C3)cc1. The van der Waals surface area contributed by atoms with Crippen molar-refractivity contribution in [3.05, 3.63) is 24.3 Å². The highest BCUT2D eigenvalue weighted by molar-refractivity contribution is 5.55. The first-order valence-electron chi connectivity index (χ1n) is 8.14. The van der Waals surface area contributed by atoms with Crippen LogP contribution in [-0.4, -0.2) is 43.7 Å². The number of hydrogen-bond donors (Lipinski definition) is 1. The maximum absolute atomic E-state index is 3.77. The van der Waals surface area contributed by atoms with E-state index < -0.39 is 0 Å². The van der Waals surface area contributed by atoms with E-state index in [-0.39, 0.29) is 0 Å². The van der Waals surface area contributed by atoms with E-state index in [1.54, 1.807) is 0 Å². The van der Waals surface area contributed by atoms with Crippen LogP contribution in [0.2, 0.25) is 0 Å². The van der Waals surface area contributed by atoms with Crippen LogP contribution in [0.1, 0.15) is 26.7 Å². The zero-order valence-corrected chi connectivity index (χ0v) is 12.8. The predicted molar refractivity (Wildman–Crippen MR) is 86.6 cm³/mol. The van der Waals surface area contributed by atoms with Crippen molar-refractivity contribution in [2.24, 2.45) is 5.92 Å². The van der Waals surface area contributed by atoms with Crippen LogP contribution in [0, 0.1) is 5.92 Å². The largest absolute Gasteiger partial charge is 0.382 e. The monoisotopic (exact) mass is 273 g/mol. The third kappa shape index (κ3) is 2.78. The van der Waals surface area contributed by atoms with Gasteiger partial charge < -0.3 is 15.1 Å². The van der Waals surface area contributed by atoms with Crippen molar-refractivity contribution in [2.75, 3.05) is 42.9 Å². The average molecular weight is 273 g/mol. The van der Waals surface area contributed by atoms with E-state index in [0.29, 0.717) is 6.04 Å². The molecule has 0 aliphatic carbocycles. The molecule has 3 unspecified atom stereocenters. The van der Waals surface area contributed by atoms with Gasteiger partial charge in [-0.1, -0.05) is 0 Å². The van der Waals surface area contributed by atoms with Crippen molar-refractivity contribution in [3.8, 4) is 0 Å². The molecule has 3 nitrogen and oxygen atoms in total. The van der Waals surface area contributed by atoms with E-state index in [9.17, 15) is 0 Å². The van der Waals surface area contributed by atoms with Crippen LogP contribution in [0.25, 0.3) is 0 Å². The Morgan fingerprint density at radius 1 is 1.10 bits per heavy atom. The Morgan fingerprint density at radius 3 is 2.50 bits per heavy atom. The number of rotatable bonds is 5. The summed E-state index contributed by atoms with van der Waals surface area (Å²) in [5.74, 6) is 0.853. The lowest BCUT2D eigenvalue weighted by Gasteiger charge is -2.32. The van der Waals surface area contributed by atoms with Gasteiger partial charge in [-0.15, -0.1) is 0 Å². The molecule has 2 aliphatic rings. The maximum Gasteiger partial charge on any atom is 0.0367 e. The Balaban J connectivity index is 1.63. The smallest absolute Gasteiger partial charge is 0.0367 e. The summed E-state index contributed by atoms with van der Waals surface area (Å²) >= 11 is 0. The normalized spacial score (nSPS) is 28.4. The second kappa shape index (κ2) is 6.04. The van der Waals surface area contributed by atoms with Gasteiger partial charge in [0.2, 0.25) is 0 Å². The van der Waals surface area contributed by atoms with Gasteiger partial charge in [0.25, 0.3) is 0 Å². The lowest BCUT2D eigenvalue weighted by Crippen LogP contribution is -2.39. The average Bonchev–Trinajstić information content (AvgIpc) is 2.88. The van der Waals surface area contributed by atoms with Crippen LogP contribution in [0.4, 0.5) is 11.4 Å². The number of piperidine rings is 1. The van der Waals surface area contributed by atoms with Crippen molar-refractivity contribution in [3.63, 3.8) is 0 Å². The van der Waals surface area contributed by atoms with E-state index in [4.69, 9.17) is 0 Å². The van der Waals surface area contributed by atoms with Crippen molar-refractivity contribution in [1.82, 2.24) is 4.90 Å². The lowest BCUT2D eigenvalue weighted by atomic mass is 9.94. The first kappa shape index (κ1) is 13.7. The third-order valence-corrected chi connectivity index (χ3v) is 4.98. The van der Waals surface area contributed by atoms with E-state index in [1.165, 1.54) is 43.9 Å². The molecule has 20 heavy (non-hydrogen) atoms. The highest BCUT2D eigenvalue weighted by Crippen LogP contribution is 2.29. The summed E-state index contributed by atoms with van der Waals surface area (Å²) in [5.41, 5.74) is 2.61. The first-order valence-corrected chi connectivity index (χ1v) is 8.14. The molecule has 3 rings (SSSR count). The molecule has 2 heterocycles. The Hall–Kier alpha value is -1.22. The maximum atomic E-state index is 3.77. The summed E-state index contributed by atoms with van der Waals surface area (Å²) in [6, 6.07) is 9.66. The fraction of sp³-hybridized carbons (Fsp3) is 0.647. The van der Waals surface area contributed by atoms with Gasteiger partial charge in [0.15, 0.2) is 0 Å². The second-order valence-corrected chi connectivity index (χ2v) is 6.11. The Morgan fingerprint density at radius 2 is 1.80 bits per heavy atom. The molecule has 1 aromatic carbocycles. The summed E-state index contributed by atoms with van der Waals surface area (Å²) in [4.78, 5) is 4.99. The van der Waals surface area contributed by atoms with E-state index >= 15 is 0 Å². The summed E-state index contributed by atoms with van der Waals surface area (Å²) < 4.78 is 0. The summed E-state index contributed by atoms with van der Waals surface area (Å²) in [6.07, 6.45) is 2.66. The molecule has 2 aliphatic heterocycles. The molecule has 3 atom stereocenters. The second-order valence-electron chi connectivity index (χ2n) is 6.11. The molecule has 2 fully saturated rings. The number of nitrogens with zero attached hydrogens (tertiary/aromatic N) is 2. The standard InChI is InChI=1S/C17H27N3/c1-3-20(4-2)16-7-5-15(6-8-16)18-17-10-12-19-11-9-14(17)13-19/h5-8,14,17-18H,3-4,9-13H2,1-2H3. The molecular formula is C17H27N3. The summed E-state index contributed by atoms with van der Waals surface area (Å²) in [7, 11) is 0. The Kier molecular flexibility index (Phi) is 4.16. The van der Waals surface area contributed by atoms with Gasteiger partial charge >= 0.3 is 0 Å². The number of anilines is 2. The van der Waals surface area contributed by atoms with Gasteiger partial charge in [-0.25, -0.2) is 0 Å². The Bertz CT molecular complexity index is 424. The lowest BCUT2D eigenvalue weighted by molar-refractivity contribution is 0.255. The van der Waals surface area contributed by atoms with Gasteiger partial charge in [0.1, 0.15) is 0 Å². The van der Waals surface area contributed by atoms with Gasteiger partial charge in [-0.05, 0) is 63.4 Å². The molecule has 0 saturated carbocycles. The van der Waals surface area contributed by atoms with Crippen molar-refractivity contribution >= 4 is 11.4 Å². The zero-order chi connectivity index (χ0) is 13.9. The molecule has 1 aromatic rings. The minimum absolute atomic E-state index is 0.674. The molecule has 110 valence electrons. The first-order chi connectivity index (χ1) is 9.80. The van der Waals surface area contributed by atoms with Crippen molar-refractivity contribution < 1.29 is 0 Å². The summed E-state index contributed by atoms with van der Waals surface area (Å²) in [5, 5.41) is 3.77. The number of fused-ring (bicyclic) bond motifs is 2. The van der Waals surface area contributed by atoms with E-state index in [2.05, 4.69) is 53.2 Å². The van der Waals surface area contributed by atoms with Crippen LogP contribution in [0.5, 0.6) is 0 Å². The molecule has 3 heteroatoms. The molecule has 0 radical (unpaired) electrons. The molecule has 2 saturated heterocycles. The predicted octanol–water partition coefficient (Wildman–Crippen LogP) is 3.04. The fourth-order valence-electron chi connectivity index (χ4n) is 3.71. The van der Waals surface area contributed by atoms with Gasteiger partial charge in [-0.3, -0.25) is 0 Å². The molecule has 0 spiro atoms. The van der Waals surface area contributed by atoms with Crippen molar-refractivity contribution in [2.45, 2.75) is 32.7 Å². The summed E-state index contributed by atoms with van der Waals surface area (Å²) in [6.45, 7) is 10.4. The van der Waals surface area contributed by atoms with Crippen LogP contribution < -0.4 is 10.2 Å². The van der Waals surface area contributed by atoms with Crippen molar-refractivity contribution in [1.29, 1.82) is 0 Å². The zero-order valence-electron chi connectivity index (χ0n) is 12.8. The van der Waals surface area contributed by atoms with Crippen LogP contribution >= 0.6 is 0 Å². The van der Waals surface area contributed by atoms with Crippen LogP contribution in [-0.2, 0) is 0 Å². The van der Waals surface area contributed by atoms with Gasteiger partial charge in [-0.2, -0.15) is 0 Å². The third-order valence-electron chi connectivity index (χ3n) is 4.98. The van der Waals surface area contributed by atoms with E-state index in [0.717, 1.165) is 19.0 Å². The van der Waals surface area contributed by atoms with E-state index in [1.807, 2.05) is 0 Å². The number of hydrogen-bond acceptors (Lipinski definition) is 3. The minimum Gasteiger partial charge on any atom is -0.382 e. The number of nitrogens with one attached hydrogen (secondary N) is 1. The Labute approximate surface area is 123 Å². The molecule has 2 bridgehead atoms. The molecule has 1 N–H and O–H groups in total. The molecular weight excluding hydrogens is 246 g/mol. The number of benzene rings is 1. The van der Waals surface area contributed by atoms with Gasteiger partial charge in [0, 0.05) is 43.6 Å². The molecule has 0 aromatic heterocycles. The quantitative estimate of drug-likeness (QED) is 0.889. The highest BCUT2D eigenvalue weighted by Gasteiger charge is 2.33. The molecule has 0 amide bonds. The van der Waals surface area contributed by atoms with Crippen LogP contribution in [0.3, 0.4) is 0 Å².